The van der Waals surface area contributed by atoms with Crippen molar-refractivity contribution in [2.45, 2.75) is 19.9 Å². The number of aliphatic hydroxyl groups is 2. The maximum atomic E-state index is 9.04. The molecule has 19 heavy (non-hydrogen) atoms. The summed E-state index contributed by atoms with van der Waals surface area (Å²) in [6, 6.07) is -0.472. The van der Waals surface area contributed by atoms with Crippen LogP contribution < -0.4 is 5.32 Å². The summed E-state index contributed by atoms with van der Waals surface area (Å²) < 4.78 is 1.81. The van der Waals surface area contributed by atoms with Gasteiger partial charge in [0.15, 0.2) is 0 Å². The second kappa shape index (κ2) is 5.77. The first-order chi connectivity index (χ1) is 9.13. The Hall–Kier alpha value is -1.99. The summed E-state index contributed by atoms with van der Waals surface area (Å²) >= 11 is 0. The van der Waals surface area contributed by atoms with Gasteiger partial charge >= 0.3 is 0 Å². The average molecular weight is 263 g/mol. The lowest BCUT2D eigenvalue weighted by Gasteiger charge is -2.14. The number of imidazole rings is 1. The fraction of sp³-hybridized carbons (Fsp3) is 0.417. The van der Waals surface area contributed by atoms with E-state index in [9.17, 15) is 0 Å². The second-order valence-corrected chi connectivity index (χ2v) is 4.33. The molecule has 7 nitrogen and oxygen atoms in total. The maximum absolute atomic E-state index is 9.04. The number of nitrogens with one attached hydrogen (secondary N) is 1. The molecule has 3 N–H and O–H groups in total. The Bertz CT molecular complexity index is 551. The van der Waals surface area contributed by atoms with Crippen molar-refractivity contribution < 1.29 is 10.2 Å². The molecule has 0 saturated carbocycles. The van der Waals surface area contributed by atoms with Crippen molar-refractivity contribution >= 4 is 5.95 Å². The lowest BCUT2D eigenvalue weighted by molar-refractivity contribution is 0.203. The van der Waals surface area contributed by atoms with Gasteiger partial charge in [-0.1, -0.05) is 0 Å². The Morgan fingerprint density at radius 2 is 2.00 bits per heavy atom. The van der Waals surface area contributed by atoms with Gasteiger partial charge < -0.3 is 15.5 Å². The molecule has 2 aromatic heterocycles. The summed E-state index contributed by atoms with van der Waals surface area (Å²) in [5, 5.41) is 20.9. The summed E-state index contributed by atoms with van der Waals surface area (Å²) in [7, 11) is 0. The van der Waals surface area contributed by atoms with Crippen LogP contribution in [-0.2, 0) is 0 Å². The second-order valence-electron chi connectivity index (χ2n) is 4.33. The van der Waals surface area contributed by atoms with Gasteiger partial charge in [-0.25, -0.2) is 9.97 Å². The molecule has 0 aliphatic carbocycles. The molecule has 0 aromatic carbocycles. The van der Waals surface area contributed by atoms with E-state index in [2.05, 4.69) is 20.3 Å². The zero-order valence-corrected chi connectivity index (χ0v) is 10.9. The number of aliphatic hydroxyl groups excluding tert-OH is 2. The minimum absolute atomic E-state index is 0.187. The molecular weight excluding hydrogens is 246 g/mol. The predicted octanol–water partition coefficient (Wildman–Crippen LogP) is 0.0442. The minimum Gasteiger partial charge on any atom is -0.394 e. The molecule has 2 aromatic rings. The largest absolute Gasteiger partial charge is 0.394 e. The summed E-state index contributed by atoms with van der Waals surface area (Å²) in [6.45, 7) is 3.43. The predicted molar refractivity (Wildman–Crippen MR) is 70.2 cm³/mol. The molecular formula is C12H17N5O2. The van der Waals surface area contributed by atoms with Crippen molar-refractivity contribution in [3.05, 3.63) is 30.0 Å². The molecule has 0 atom stereocenters. The molecule has 0 spiro atoms. The van der Waals surface area contributed by atoms with Crippen LogP contribution in [-0.4, -0.2) is 49.0 Å². The standard InChI is InChI=1S/C12H17N5O2/c1-8-3-13-12(15-10(5-18)6-19)16-11(8)17-4-9(2)14-7-17/h3-4,7,10,18-19H,5-6H2,1-2H3,(H,13,15,16). The van der Waals surface area contributed by atoms with Gasteiger partial charge in [0.2, 0.25) is 5.95 Å². The first-order valence-electron chi connectivity index (χ1n) is 5.97. The molecule has 0 fully saturated rings. The molecule has 7 heteroatoms. The number of aryl methyl sites for hydroxylation is 2. The van der Waals surface area contributed by atoms with Crippen LogP contribution in [0.4, 0.5) is 5.95 Å². The van der Waals surface area contributed by atoms with Gasteiger partial charge in [0, 0.05) is 18.0 Å². The van der Waals surface area contributed by atoms with Gasteiger partial charge in [0.25, 0.3) is 0 Å². The van der Waals surface area contributed by atoms with Gasteiger partial charge in [-0.3, -0.25) is 4.57 Å². The van der Waals surface area contributed by atoms with E-state index in [4.69, 9.17) is 10.2 Å². The molecule has 2 heterocycles. The number of nitrogens with zero attached hydrogens (tertiary/aromatic N) is 4. The van der Waals surface area contributed by atoms with Crippen molar-refractivity contribution in [2.75, 3.05) is 18.5 Å². The van der Waals surface area contributed by atoms with Crippen molar-refractivity contribution in [2.24, 2.45) is 0 Å². The third-order valence-corrected chi connectivity index (χ3v) is 2.68. The number of rotatable bonds is 5. The van der Waals surface area contributed by atoms with Gasteiger partial charge in [-0.2, -0.15) is 4.98 Å². The van der Waals surface area contributed by atoms with Gasteiger partial charge in [-0.15, -0.1) is 0 Å². The molecule has 2 rings (SSSR count). The Morgan fingerprint density at radius 3 is 2.58 bits per heavy atom. The monoisotopic (exact) mass is 263 g/mol. The summed E-state index contributed by atoms with van der Waals surface area (Å²) in [6.07, 6.45) is 5.24. The van der Waals surface area contributed by atoms with Crippen LogP contribution in [0.5, 0.6) is 0 Å². The summed E-state index contributed by atoms with van der Waals surface area (Å²) in [5.74, 6) is 1.08. The molecule has 0 saturated heterocycles. The van der Waals surface area contributed by atoms with Crippen molar-refractivity contribution in [1.29, 1.82) is 0 Å². The molecule has 102 valence electrons. The highest BCUT2D eigenvalue weighted by Gasteiger charge is 2.10. The van der Waals surface area contributed by atoms with E-state index < -0.39 is 6.04 Å². The Labute approximate surface area is 111 Å². The van der Waals surface area contributed by atoms with Crippen LogP contribution in [0.15, 0.2) is 18.7 Å². The number of hydrogen-bond donors (Lipinski definition) is 3. The highest BCUT2D eigenvalue weighted by Crippen LogP contribution is 2.13. The average Bonchev–Trinajstić information content (AvgIpc) is 2.84. The van der Waals surface area contributed by atoms with Crippen LogP contribution in [0.25, 0.3) is 5.82 Å². The Balaban J connectivity index is 2.29. The van der Waals surface area contributed by atoms with E-state index in [1.165, 1.54) is 0 Å². The van der Waals surface area contributed by atoms with Crippen LogP contribution in [0.1, 0.15) is 11.3 Å². The van der Waals surface area contributed by atoms with E-state index >= 15 is 0 Å². The highest BCUT2D eigenvalue weighted by molar-refractivity contribution is 5.38. The fourth-order valence-electron chi connectivity index (χ4n) is 1.63. The van der Waals surface area contributed by atoms with Gasteiger partial charge in [0.05, 0.1) is 24.9 Å². The van der Waals surface area contributed by atoms with Crippen LogP contribution in [0.3, 0.4) is 0 Å². The first kappa shape index (κ1) is 13.4. The lowest BCUT2D eigenvalue weighted by Crippen LogP contribution is -2.28. The van der Waals surface area contributed by atoms with Crippen LogP contribution >= 0.6 is 0 Å². The third-order valence-electron chi connectivity index (χ3n) is 2.68. The van der Waals surface area contributed by atoms with E-state index in [0.29, 0.717) is 11.8 Å². The van der Waals surface area contributed by atoms with Crippen molar-refractivity contribution in [3.8, 4) is 5.82 Å². The smallest absolute Gasteiger partial charge is 0.225 e. The summed E-state index contributed by atoms with van der Waals surface area (Å²) in [4.78, 5) is 12.7. The fourth-order valence-corrected chi connectivity index (χ4v) is 1.63. The first-order valence-corrected chi connectivity index (χ1v) is 5.97. The molecule has 0 unspecified atom stereocenters. The Kier molecular flexibility index (Phi) is 4.08. The molecule has 0 radical (unpaired) electrons. The maximum Gasteiger partial charge on any atom is 0.225 e. The van der Waals surface area contributed by atoms with Crippen molar-refractivity contribution in [1.82, 2.24) is 19.5 Å². The lowest BCUT2D eigenvalue weighted by atomic mass is 10.3. The van der Waals surface area contributed by atoms with Crippen molar-refractivity contribution in [3.63, 3.8) is 0 Å². The Morgan fingerprint density at radius 1 is 1.26 bits per heavy atom. The topological polar surface area (TPSA) is 96.1 Å². The van der Waals surface area contributed by atoms with E-state index in [1.807, 2.05) is 24.6 Å². The molecule has 0 amide bonds. The van der Waals surface area contributed by atoms with Gasteiger partial charge in [-0.05, 0) is 13.8 Å². The van der Waals surface area contributed by atoms with E-state index in [1.54, 1.807) is 12.5 Å². The van der Waals surface area contributed by atoms with Crippen LogP contribution in [0.2, 0.25) is 0 Å². The number of hydrogen-bond acceptors (Lipinski definition) is 6. The molecule has 0 bridgehead atoms. The quantitative estimate of drug-likeness (QED) is 0.705. The SMILES string of the molecule is Cc1cn(-c2nc(NC(CO)CO)ncc2C)cn1. The molecule has 0 aliphatic rings. The minimum atomic E-state index is -0.472. The zero-order valence-electron chi connectivity index (χ0n) is 10.9. The molecule has 0 aliphatic heterocycles. The third kappa shape index (κ3) is 3.07. The van der Waals surface area contributed by atoms with Crippen LogP contribution in [0, 0.1) is 13.8 Å². The van der Waals surface area contributed by atoms with E-state index in [0.717, 1.165) is 11.3 Å². The van der Waals surface area contributed by atoms with Gasteiger partial charge in [0.1, 0.15) is 12.1 Å². The highest BCUT2D eigenvalue weighted by atomic mass is 16.3. The number of aromatic nitrogens is 4. The van der Waals surface area contributed by atoms with E-state index in [-0.39, 0.29) is 13.2 Å². The summed E-state index contributed by atoms with van der Waals surface area (Å²) in [5.41, 5.74) is 1.81. The zero-order chi connectivity index (χ0) is 13.8. The normalized spacial score (nSPS) is 11.0. The number of anilines is 1.